The normalized spacial score (nSPS) is 30.0. The zero-order valence-electron chi connectivity index (χ0n) is 11.1. The standard InChI is InChI=1S/C14H28N2/c1-3-9-16-10-4-5-13(6-11-16)15-12-14(2)7-8-14/h13,15H,3-12H2,1-2H3. The molecule has 0 amide bonds. The average Bonchev–Trinajstić information content (AvgIpc) is 3.02. The Morgan fingerprint density at radius 2 is 2.06 bits per heavy atom. The van der Waals surface area contributed by atoms with Crippen molar-refractivity contribution >= 4 is 0 Å². The summed E-state index contributed by atoms with van der Waals surface area (Å²) < 4.78 is 0. The Hall–Kier alpha value is -0.0800. The molecule has 1 saturated carbocycles. The van der Waals surface area contributed by atoms with Gasteiger partial charge >= 0.3 is 0 Å². The summed E-state index contributed by atoms with van der Waals surface area (Å²) in [6.07, 6.45) is 8.31. The summed E-state index contributed by atoms with van der Waals surface area (Å²) in [5.41, 5.74) is 0.662. The van der Waals surface area contributed by atoms with Gasteiger partial charge in [0.1, 0.15) is 0 Å². The number of hydrogen-bond donors (Lipinski definition) is 1. The Morgan fingerprint density at radius 3 is 2.75 bits per heavy atom. The lowest BCUT2D eigenvalue weighted by Gasteiger charge is -2.20. The predicted molar refractivity (Wildman–Crippen MR) is 69.7 cm³/mol. The van der Waals surface area contributed by atoms with E-state index in [1.54, 1.807) is 0 Å². The molecule has 1 saturated heterocycles. The number of nitrogens with zero attached hydrogens (tertiary/aromatic N) is 1. The Balaban J connectivity index is 1.67. The molecule has 1 atom stereocenters. The second kappa shape index (κ2) is 5.50. The molecule has 2 nitrogen and oxygen atoms in total. The van der Waals surface area contributed by atoms with E-state index in [4.69, 9.17) is 0 Å². The van der Waals surface area contributed by atoms with E-state index >= 15 is 0 Å². The molecule has 0 aromatic carbocycles. The summed E-state index contributed by atoms with van der Waals surface area (Å²) in [6.45, 7) is 9.88. The molecule has 16 heavy (non-hydrogen) atoms. The Morgan fingerprint density at radius 1 is 1.25 bits per heavy atom. The van der Waals surface area contributed by atoms with E-state index in [1.165, 1.54) is 64.7 Å². The second-order valence-corrected chi connectivity index (χ2v) is 6.16. The molecule has 2 aliphatic rings. The fourth-order valence-electron chi connectivity index (χ4n) is 2.68. The van der Waals surface area contributed by atoms with Crippen molar-refractivity contribution in [3.63, 3.8) is 0 Å². The molecular weight excluding hydrogens is 196 g/mol. The fourth-order valence-corrected chi connectivity index (χ4v) is 2.68. The molecule has 1 heterocycles. The summed E-state index contributed by atoms with van der Waals surface area (Å²) in [6, 6.07) is 0.791. The van der Waals surface area contributed by atoms with Gasteiger partial charge in [0.15, 0.2) is 0 Å². The third kappa shape index (κ3) is 3.74. The first-order chi connectivity index (χ1) is 7.72. The third-order valence-corrected chi connectivity index (χ3v) is 4.28. The largest absolute Gasteiger partial charge is 0.313 e. The van der Waals surface area contributed by atoms with Crippen molar-refractivity contribution in [3.8, 4) is 0 Å². The first kappa shape index (κ1) is 12.4. The van der Waals surface area contributed by atoms with Gasteiger partial charge in [-0.2, -0.15) is 0 Å². The molecule has 1 unspecified atom stereocenters. The second-order valence-electron chi connectivity index (χ2n) is 6.16. The molecule has 2 fully saturated rings. The van der Waals surface area contributed by atoms with E-state index in [0.717, 1.165) is 6.04 Å². The van der Waals surface area contributed by atoms with Crippen LogP contribution in [0.1, 0.15) is 52.4 Å². The van der Waals surface area contributed by atoms with E-state index in [2.05, 4.69) is 24.1 Å². The van der Waals surface area contributed by atoms with Gasteiger partial charge in [0.25, 0.3) is 0 Å². The van der Waals surface area contributed by atoms with Crippen LogP contribution in [-0.2, 0) is 0 Å². The fraction of sp³-hybridized carbons (Fsp3) is 1.00. The van der Waals surface area contributed by atoms with E-state index in [0.29, 0.717) is 5.41 Å². The van der Waals surface area contributed by atoms with E-state index in [-0.39, 0.29) is 0 Å². The molecular formula is C14H28N2. The highest BCUT2D eigenvalue weighted by atomic mass is 15.1. The van der Waals surface area contributed by atoms with Crippen LogP contribution < -0.4 is 5.32 Å². The van der Waals surface area contributed by atoms with Gasteiger partial charge in [0, 0.05) is 12.6 Å². The van der Waals surface area contributed by atoms with Gasteiger partial charge in [-0.15, -0.1) is 0 Å². The van der Waals surface area contributed by atoms with Crippen molar-refractivity contribution in [1.82, 2.24) is 10.2 Å². The topological polar surface area (TPSA) is 15.3 Å². The van der Waals surface area contributed by atoms with Crippen LogP contribution in [0.4, 0.5) is 0 Å². The molecule has 0 radical (unpaired) electrons. The molecule has 1 aliphatic heterocycles. The summed E-state index contributed by atoms with van der Waals surface area (Å²) in [5, 5.41) is 3.80. The first-order valence-corrected chi connectivity index (χ1v) is 7.18. The van der Waals surface area contributed by atoms with Crippen LogP contribution in [0.15, 0.2) is 0 Å². The minimum absolute atomic E-state index is 0.662. The van der Waals surface area contributed by atoms with Crippen molar-refractivity contribution in [2.45, 2.75) is 58.4 Å². The Bertz CT molecular complexity index is 211. The van der Waals surface area contributed by atoms with Gasteiger partial charge < -0.3 is 10.2 Å². The number of likely N-dealkylation sites (tertiary alicyclic amines) is 1. The van der Waals surface area contributed by atoms with Gasteiger partial charge in [-0.3, -0.25) is 0 Å². The van der Waals surface area contributed by atoms with Crippen LogP contribution in [-0.4, -0.2) is 37.1 Å². The van der Waals surface area contributed by atoms with Crippen molar-refractivity contribution in [2.24, 2.45) is 5.41 Å². The zero-order chi connectivity index (χ0) is 11.4. The van der Waals surface area contributed by atoms with Crippen LogP contribution >= 0.6 is 0 Å². The van der Waals surface area contributed by atoms with Crippen LogP contribution in [0.2, 0.25) is 0 Å². The molecule has 2 rings (SSSR count). The predicted octanol–water partition coefficient (Wildman–Crippen LogP) is 2.64. The Kier molecular flexibility index (Phi) is 4.26. The Labute approximate surface area is 101 Å². The highest BCUT2D eigenvalue weighted by Crippen LogP contribution is 2.44. The van der Waals surface area contributed by atoms with Crippen molar-refractivity contribution in [2.75, 3.05) is 26.2 Å². The van der Waals surface area contributed by atoms with Crippen LogP contribution in [0, 0.1) is 5.41 Å². The van der Waals surface area contributed by atoms with E-state index in [1.807, 2.05) is 0 Å². The van der Waals surface area contributed by atoms with Gasteiger partial charge in [0.2, 0.25) is 0 Å². The smallest absolute Gasteiger partial charge is 0.00799 e. The molecule has 0 aromatic heterocycles. The van der Waals surface area contributed by atoms with Crippen molar-refractivity contribution < 1.29 is 0 Å². The lowest BCUT2D eigenvalue weighted by Crippen LogP contribution is -2.34. The lowest BCUT2D eigenvalue weighted by atomic mass is 10.1. The molecule has 1 aliphatic carbocycles. The molecule has 94 valence electrons. The molecule has 0 spiro atoms. The van der Waals surface area contributed by atoms with Crippen molar-refractivity contribution in [3.05, 3.63) is 0 Å². The third-order valence-electron chi connectivity index (χ3n) is 4.28. The quantitative estimate of drug-likeness (QED) is 0.772. The number of rotatable bonds is 5. The summed E-state index contributed by atoms with van der Waals surface area (Å²) in [4.78, 5) is 2.64. The summed E-state index contributed by atoms with van der Waals surface area (Å²) in [7, 11) is 0. The first-order valence-electron chi connectivity index (χ1n) is 7.18. The van der Waals surface area contributed by atoms with E-state index in [9.17, 15) is 0 Å². The van der Waals surface area contributed by atoms with E-state index < -0.39 is 0 Å². The maximum atomic E-state index is 3.80. The highest BCUT2D eigenvalue weighted by molar-refractivity contribution is 4.91. The minimum Gasteiger partial charge on any atom is -0.313 e. The summed E-state index contributed by atoms with van der Waals surface area (Å²) >= 11 is 0. The van der Waals surface area contributed by atoms with Gasteiger partial charge in [-0.25, -0.2) is 0 Å². The van der Waals surface area contributed by atoms with Gasteiger partial charge in [-0.05, 0) is 63.6 Å². The lowest BCUT2D eigenvalue weighted by molar-refractivity contribution is 0.282. The molecule has 0 bridgehead atoms. The molecule has 0 aromatic rings. The SMILES string of the molecule is CCCN1CCCC(NCC2(C)CC2)CC1. The molecule has 1 N–H and O–H groups in total. The average molecular weight is 224 g/mol. The van der Waals surface area contributed by atoms with Gasteiger partial charge in [-0.1, -0.05) is 13.8 Å². The maximum Gasteiger partial charge on any atom is 0.00799 e. The molecule has 2 heteroatoms. The van der Waals surface area contributed by atoms with Crippen LogP contribution in [0.25, 0.3) is 0 Å². The van der Waals surface area contributed by atoms with Crippen LogP contribution in [0.3, 0.4) is 0 Å². The zero-order valence-corrected chi connectivity index (χ0v) is 11.1. The van der Waals surface area contributed by atoms with Gasteiger partial charge in [0.05, 0.1) is 0 Å². The number of hydrogen-bond acceptors (Lipinski definition) is 2. The monoisotopic (exact) mass is 224 g/mol. The number of nitrogens with one attached hydrogen (secondary N) is 1. The van der Waals surface area contributed by atoms with Crippen molar-refractivity contribution in [1.29, 1.82) is 0 Å². The highest BCUT2D eigenvalue weighted by Gasteiger charge is 2.37. The maximum absolute atomic E-state index is 3.80. The van der Waals surface area contributed by atoms with Crippen LogP contribution in [0.5, 0.6) is 0 Å². The summed E-state index contributed by atoms with van der Waals surface area (Å²) in [5.74, 6) is 0. The minimum atomic E-state index is 0.662.